The Kier molecular flexibility index (Phi) is 5.42. The first kappa shape index (κ1) is 17.9. The molecule has 136 valence electrons. The van der Waals surface area contributed by atoms with Crippen molar-refractivity contribution in [3.8, 4) is 0 Å². The van der Waals surface area contributed by atoms with E-state index in [2.05, 4.69) is 52.3 Å². The summed E-state index contributed by atoms with van der Waals surface area (Å²) in [5.41, 5.74) is 3.66. The summed E-state index contributed by atoms with van der Waals surface area (Å²) in [6, 6.07) is 0.260. The molecule has 1 aromatic heterocycles. The van der Waals surface area contributed by atoms with Crippen LogP contribution >= 0.6 is 0 Å². The minimum absolute atomic E-state index is 0.0962. The van der Waals surface area contributed by atoms with E-state index in [-0.39, 0.29) is 11.8 Å². The Labute approximate surface area is 151 Å². The van der Waals surface area contributed by atoms with Crippen molar-refractivity contribution >= 4 is 5.78 Å². The summed E-state index contributed by atoms with van der Waals surface area (Å²) in [6.07, 6.45) is 8.75. The van der Waals surface area contributed by atoms with Crippen LogP contribution in [0, 0.1) is 0 Å². The lowest BCUT2D eigenvalue weighted by atomic mass is 10.1. The lowest BCUT2D eigenvalue weighted by Crippen LogP contribution is -2.36. The van der Waals surface area contributed by atoms with Crippen molar-refractivity contribution in [2.24, 2.45) is 0 Å². The molecule has 2 heterocycles. The largest absolute Gasteiger partial charge is 0.362 e. The molecular weight excluding hydrogens is 312 g/mol. The van der Waals surface area contributed by atoms with E-state index in [1.807, 2.05) is 0 Å². The molecule has 1 aromatic rings. The third-order valence-electron chi connectivity index (χ3n) is 5.23. The Morgan fingerprint density at radius 2 is 2.08 bits per heavy atom. The quantitative estimate of drug-likeness (QED) is 0.712. The molecule has 5 heteroatoms. The second-order valence-electron chi connectivity index (χ2n) is 7.09. The molecule has 0 aromatic carbocycles. The van der Waals surface area contributed by atoms with E-state index < -0.39 is 0 Å². The van der Waals surface area contributed by atoms with Gasteiger partial charge in [-0.25, -0.2) is 4.98 Å². The van der Waals surface area contributed by atoms with Crippen LogP contribution in [0.15, 0.2) is 29.6 Å². The first-order chi connectivity index (χ1) is 12.0. The Morgan fingerprint density at radius 1 is 1.36 bits per heavy atom. The molecule has 1 atom stereocenters. The highest BCUT2D eigenvalue weighted by Gasteiger charge is 2.29. The van der Waals surface area contributed by atoms with Crippen LogP contribution in [0.5, 0.6) is 0 Å². The molecule has 2 aliphatic rings. The van der Waals surface area contributed by atoms with Crippen LogP contribution < -0.4 is 0 Å². The van der Waals surface area contributed by atoms with Crippen molar-refractivity contribution in [1.29, 1.82) is 0 Å². The molecule has 0 bridgehead atoms. The van der Waals surface area contributed by atoms with Gasteiger partial charge in [0.1, 0.15) is 11.5 Å². The molecule has 0 saturated heterocycles. The zero-order chi connectivity index (χ0) is 18.0. The molecule has 3 rings (SSSR count). The SMILES string of the molecule is CCN(CC)C/C=C/C(=C1CC1)N1Cc2ncc(C(C)=O)n2C(C)C1. The Morgan fingerprint density at radius 3 is 2.68 bits per heavy atom. The van der Waals surface area contributed by atoms with Crippen LogP contribution in [0.25, 0.3) is 0 Å². The van der Waals surface area contributed by atoms with Crippen molar-refractivity contribution in [2.75, 3.05) is 26.2 Å². The van der Waals surface area contributed by atoms with E-state index in [1.54, 1.807) is 18.7 Å². The van der Waals surface area contributed by atoms with Gasteiger partial charge in [0.25, 0.3) is 0 Å². The number of Topliss-reactive ketones (excluding diaryl/α,β-unsaturated/α-hetero) is 1. The van der Waals surface area contributed by atoms with Gasteiger partial charge in [0, 0.05) is 25.7 Å². The number of nitrogens with zero attached hydrogens (tertiary/aromatic N) is 4. The van der Waals surface area contributed by atoms with Gasteiger partial charge in [-0.05, 0) is 44.5 Å². The summed E-state index contributed by atoms with van der Waals surface area (Å²) < 4.78 is 2.12. The molecule has 0 amide bonds. The standard InChI is InChI=1S/C20H30N4O/c1-5-22(6-2)11-7-8-18(17-9-10-17)23-13-15(3)24-19(16(4)25)12-21-20(24)14-23/h7-8,12,15H,5-6,9-11,13-14H2,1-4H3/b8-7+. The summed E-state index contributed by atoms with van der Waals surface area (Å²) in [7, 11) is 0. The molecule has 5 nitrogen and oxygen atoms in total. The lowest BCUT2D eigenvalue weighted by Gasteiger charge is -2.35. The molecule has 25 heavy (non-hydrogen) atoms. The molecule has 1 aliphatic carbocycles. The van der Waals surface area contributed by atoms with Crippen molar-refractivity contribution < 1.29 is 4.79 Å². The van der Waals surface area contributed by atoms with Crippen LogP contribution in [0.1, 0.15) is 62.9 Å². The number of allylic oxidation sites excluding steroid dienone is 2. The predicted molar refractivity (Wildman–Crippen MR) is 101 cm³/mol. The van der Waals surface area contributed by atoms with Gasteiger partial charge in [-0.2, -0.15) is 0 Å². The molecule has 1 aliphatic heterocycles. The number of carbonyl (C=O) groups is 1. The van der Waals surface area contributed by atoms with Crippen LogP contribution in [-0.4, -0.2) is 51.3 Å². The first-order valence-corrected chi connectivity index (χ1v) is 9.48. The van der Waals surface area contributed by atoms with Gasteiger partial charge in [0.15, 0.2) is 5.78 Å². The molecule has 1 saturated carbocycles. The molecule has 1 unspecified atom stereocenters. The maximum atomic E-state index is 11.8. The number of carbonyl (C=O) groups excluding carboxylic acids is 1. The summed E-state index contributed by atoms with van der Waals surface area (Å²) in [5, 5.41) is 0. The Hall–Kier alpha value is -1.88. The highest BCUT2D eigenvalue weighted by atomic mass is 16.1. The van der Waals surface area contributed by atoms with Crippen LogP contribution in [0.2, 0.25) is 0 Å². The van der Waals surface area contributed by atoms with Gasteiger partial charge >= 0.3 is 0 Å². The van der Waals surface area contributed by atoms with Gasteiger partial charge in [0.2, 0.25) is 0 Å². The summed E-state index contributed by atoms with van der Waals surface area (Å²) >= 11 is 0. The molecule has 0 spiro atoms. The maximum Gasteiger partial charge on any atom is 0.177 e. The Bertz CT molecular complexity index is 691. The van der Waals surface area contributed by atoms with Gasteiger partial charge in [-0.1, -0.05) is 19.9 Å². The highest BCUT2D eigenvalue weighted by molar-refractivity contribution is 5.92. The van der Waals surface area contributed by atoms with E-state index in [9.17, 15) is 4.79 Å². The zero-order valence-corrected chi connectivity index (χ0v) is 16.0. The normalized spacial score (nSPS) is 19.6. The molecular formula is C20H30N4O. The number of rotatable bonds is 7. The molecule has 0 radical (unpaired) electrons. The fourth-order valence-corrected chi connectivity index (χ4v) is 3.65. The third kappa shape index (κ3) is 3.87. The number of aromatic nitrogens is 2. The maximum absolute atomic E-state index is 11.8. The predicted octanol–water partition coefficient (Wildman–Crippen LogP) is 3.41. The number of imidazole rings is 1. The van der Waals surface area contributed by atoms with E-state index in [4.69, 9.17) is 0 Å². The monoisotopic (exact) mass is 342 g/mol. The Balaban J connectivity index is 1.77. The number of ketones is 1. The number of hydrogen-bond donors (Lipinski definition) is 0. The fraction of sp³-hybridized carbons (Fsp3) is 0.600. The fourth-order valence-electron chi connectivity index (χ4n) is 3.65. The van der Waals surface area contributed by atoms with E-state index in [0.717, 1.165) is 44.2 Å². The van der Waals surface area contributed by atoms with Gasteiger partial charge in [-0.15, -0.1) is 0 Å². The van der Waals surface area contributed by atoms with E-state index in [1.165, 1.54) is 18.5 Å². The van der Waals surface area contributed by atoms with Crippen LogP contribution in [-0.2, 0) is 6.54 Å². The van der Waals surface area contributed by atoms with Gasteiger partial charge in [0.05, 0.1) is 18.8 Å². The van der Waals surface area contributed by atoms with Crippen LogP contribution in [0.3, 0.4) is 0 Å². The highest BCUT2D eigenvalue weighted by Crippen LogP contribution is 2.36. The third-order valence-corrected chi connectivity index (χ3v) is 5.23. The summed E-state index contributed by atoms with van der Waals surface area (Å²) in [6.45, 7) is 13.1. The smallest absolute Gasteiger partial charge is 0.177 e. The van der Waals surface area contributed by atoms with Crippen molar-refractivity contribution in [3.05, 3.63) is 41.1 Å². The minimum Gasteiger partial charge on any atom is -0.362 e. The van der Waals surface area contributed by atoms with Crippen molar-refractivity contribution in [3.63, 3.8) is 0 Å². The van der Waals surface area contributed by atoms with Crippen molar-refractivity contribution in [2.45, 2.75) is 53.1 Å². The number of likely N-dealkylation sites (N-methyl/N-ethyl adjacent to an activating group) is 1. The van der Waals surface area contributed by atoms with Crippen molar-refractivity contribution in [1.82, 2.24) is 19.4 Å². The second kappa shape index (κ2) is 7.56. The minimum atomic E-state index is 0.0962. The first-order valence-electron chi connectivity index (χ1n) is 9.48. The van der Waals surface area contributed by atoms with Gasteiger partial charge in [-0.3, -0.25) is 4.79 Å². The average Bonchev–Trinajstić information content (AvgIpc) is 3.32. The van der Waals surface area contributed by atoms with Gasteiger partial charge < -0.3 is 14.4 Å². The van der Waals surface area contributed by atoms with E-state index >= 15 is 0 Å². The van der Waals surface area contributed by atoms with E-state index in [0.29, 0.717) is 0 Å². The average molecular weight is 342 g/mol. The van der Waals surface area contributed by atoms with Crippen LogP contribution in [0.4, 0.5) is 0 Å². The lowest BCUT2D eigenvalue weighted by molar-refractivity contribution is 0.0998. The number of fused-ring (bicyclic) bond motifs is 1. The summed E-state index contributed by atoms with van der Waals surface area (Å²) in [5.74, 6) is 1.10. The molecule has 0 N–H and O–H groups in total. The zero-order valence-electron chi connectivity index (χ0n) is 16.0. The topological polar surface area (TPSA) is 41.4 Å². The second-order valence-corrected chi connectivity index (χ2v) is 7.09. The summed E-state index contributed by atoms with van der Waals surface area (Å²) in [4.78, 5) is 21.2. The molecule has 1 fully saturated rings. The number of hydrogen-bond acceptors (Lipinski definition) is 4.